The highest BCUT2D eigenvalue weighted by Gasteiger charge is 2.32. The zero-order chi connectivity index (χ0) is 23.2. The van der Waals surface area contributed by atoms with Crippen LogP contribution in [0.3, 0.4) is 0 Å². The van der Waals surface area contributed by atoms with Crippen LogP contribution in [-0.4, -0.2) is 50.3 Å². The van der Waals surface area contributed by atoms with E-state index < -0.39 is 32.7 Å². The van der Waals surface area contributed by atoms with Crippen LogP contribution >= 0.6 is 0 Å². The minimum Gasteiger partial charge on any atom is -0.352 e. The molecule has 1 aromatic rings. The smallest absolute Gasteiger partial charge is 0.244 e. The molecule has 0 aromatic heterocycles. The Bertz CT molecular complexity index is 863. The van der Waals surface area contributed by atoms with E-state index in [-0.39, 0.29) is 23.8 Å². The molecule has 0 radical (unpaired) electrons. The minimum absolute atomic E-state index is 0.0317. The zero-order valence-electron chi connectivity index (χ0n) is 18.7. The standard InChI is InChI=1S/C22H34FN3O4S/c1-5-16(6-2)22(28)26-13-11-17(12-14-26)24-21(27)20(15(3)4)25-31(29,30)19-10-8-7-9-18(19)23/h7-10,15-17,20,25H,5-6,11-14H2,1-4H3,(H,24,27)/t20-/m0/s1. The molecule has 1 heterocycles. The molecule has 31 heavy (non-hydrogen) atoms. The topological polar surface area (TPSA) is 95.6 Å². The van der Waals surface area contributed by atoms with Gasteiger partial charge < -0.3 is 10.2 Å². The van der Waals surface area contributed by atoms with Gasteiger partial charge in [-0.3, -0.25) is 9.59 Å². The molecule has 0 spiro atoms. The number of carbonyl (C=O) groups is 2. The van der Waals surface area contributed by atoms with Crippen molar-refractivity contribution in [3.05, 3.63) is 30.1 Å². The highest BCUT2D eigenvalue weighted by molar-refractivity contribution is 7.89. The van der Waals surface area contributed by atoms with Gasteiger partial charge in [-0.15, -0.1) is 0 Å². The summed E-state index contributed by atoms with van der Waals surface area (Å²) in [6, 6.07) is 3.89. The molecule has 1 atom stereocenters. The lowest BCUT2D eigenvalue weighted by molar-refractivity contribution is -0.137. The fourth-order valence-electron chi connectivity index (χ4n) is 3.82. The molecule has 0 saturated carbocycles. The van der Waals surface area contributed by atoms with E-state index >= 15 is 0 Å². The van der Waals surface area contributed by atoms with Crippen molar-refractivity contribution in [3.8, 4) is 0 Å². The molecule has 1 aliphatic heterocycles. The highest BCUT2D eigenvalue weighted by Crippen LogP contribution is 2.19. The van der Waals surface area contributed by atoms with Crippen molar-refractivity contribution in [3.63, 3.8) is 0 Å². The Hall–Kier alpha value is -2.00. The van der Waals surface area contributed by atoms with E-state index in [0.29, 0.717) is 25.9 Å². The molecule has 0 unspecified atom stereocenters. The van der Waals surface area contributed by atoms with Crippen LogP contribution in [0.25, 0.3) is 0 Å². The van der Waals surface area contributed by atoms with E-state index in [2.05, 4.69) is 10.0 Å². The van der Waals surface area contributed by atoms with Gasteiger partial charge in [-0.05, 0) is 43.7 Å². The molecular weight excluding hydrogens is 421 g/mol. The number of hydrogen-bond acceptors (Lipinski definition) is 4. The van der Waals surface area contributed by atoms with Crippen molar-refractivity contribution in [2.45, 2.75) is 70.4 Å². The second kappa shape index (κ2) is 11.0. The van der Waals surface area contributed by atoms with E-state index in [9.17, 15) is 22.4 Å². The highest BCUT2D eigenvalue weighted by atomic mass is 32.2. The summed E-state index contributed by atoms with van der Waals surface area (Å²) in [5.74, 6) is -1.46. The number of amides is 2. The Balaban J connectivity index is 2.00. The molecule has 1 fully saturated rings. The Labute approximate surface area is 184 Å². The molecule has 9 heteroatoms. The molecular formula is C22H34FN3O4S. The van der Waals surface area contributed by atoms with Gasteiger partial charge in [-0.2, -0.15) is 4.72 Å². The molecule has 2 N–H and O–H groups in total. The summed E-state index contributed by atoms with van der Waals surface area (Å²) in [4.78, 5) is 26.8. The second-order valence-corrected chi connectivity index (χ2v) is 10.1. The van der Waals surface area contributed by atoms with Crippen molar-refractivity contribution < 1.29 is 22.4 Å². The number of benzene rings is 1. The summed E-state index contributed by atoms with van der Waals surface area (Å²) in [5, 5.41) is 2.91. The maximum Gasteiger partial charge on any atom is 0.244 e. The summed E-state index contributed by atoms with van der Waals surface area (Å²) in [6.07, 6.45) is 2.85. The van der Waals surface area contributed by atoms with Crippen LogP contribution in [0.1, 0.15) is 53.4 Å². The van der Waals surface area contributed by atoms with Crippen LogP contribution < -0.4 is 10.0 Å². The minimum atomic E-state index is -4.20. The first-order valence-electron chi connectivity index (χ1n) is 11.0. The molecule has 2 rings (SSSR count). The van der Waals surface area contributed by atoms with Gasteiger partial charge in [-0.25, -0.2) is 12.8 Å². The van der Waals surface area contributed by atoms with Crippen LogP contribution in [0.2, 0.25) is 0 Å². The number of likely N-dealkylation sites (tertiary alicyclic amines) is 1. The van der Waals surface area contributed by atoms with Gasteiger partial charge in [-0.1, -0.05) is 39.8 Å². The summed E-state index contributed by atoms with van der Waals surface area (Å²) >= 11 is 0. The van der Waals surface area contributed by atoms with Gasteiger partial charge in [0.05, 0.1) is 0 Å². The van der Waals surface area contributed by atoms with Crippen LogP contribution in [0.5, 0.6) is 0 Å². The fourth-order valence-corrected chi connectivity index (χ4v) is 5.24. The summed E-state index contributed by atoms with van der Waals surface area (Å²) in [7, 11) is -4.20. The van der Waals surface area contributed by atoms with Crippen molar-refractivity contribution in [1.29, 1.82) is 0 Å². The second-order valence-electron chi connectivity index (χ2n) is 8.39. The largest absolute Gasteiger partial charge is 0.352 e. The molecule has 1 saturated heterocycles. The van der Waals surface area contributed by atoms with Crippen molar-refractivity contribution >= 4 is 21.8 Å². The van der Waals surface area contributed by atoms with Gasteiger partial charge in [0.25, 0.3) is 0 Å². The summed E-state index contributed by atoms with van der Waals surface area (Å²) < 4.78 is 41.6. The van der Waals surface area contributed by atoms with Crippen molar-refractivity contribution in [1.82, 2.24) is 14.9 Å². The third kappa shape index (κ3) is 6.49. The first kappa shape index (κ1) is 25.3. The molecule has 0 bridgehead atoms. The predicted octanol–water partition coefficient (Wildman–Crippen LogP) is 2.67. The lowest BCUT2D eigenvalue weighted by Gasteiger charge is -2.35. The number of piperidine rings is 1. The maximum absolute atomic E-state index is 14.0. The number of halogens is 1. The monoisotopic (exact) mass is 455 g/mol. The first-order chi connectivity index (χ1) is 14.6. The van der Waals surface area contributed by atoms with E-state index in [0.717, 1.165) is 18.9 Å². The number of nitrogens with one attached hydrogen (secondary N) is 2. The molecule has 1 aliphatic rings. The van der Waals surface area contributed by atoms with Gasteiger partial charge >= 0.3 is 0 Å². The Morgan fingerprint density at radius 1 is 1.13 bits per heavy atom. The van der Waals surface area contributed by atoms with E-state index in [1.807, 2.05) is 18.7 Å². The molecule has 2 amide bonds. The number of hydrogen-bond donors (Lipinski definition) is 2. The average molecular weight is 456 g/mol. The average Bonchev–Trinajstić information content (AvgIpc) is 2.73. The third-order valence-corrected chi connectivity index (χ3v) is 7.32. The predicted molar refractivity (Wildman–Crippen MR) is 117 cm³/mol. The van der Waals surface area contributed by atoms with Crippen LogP contribution in [0.4, 0.5) is 4.39 Å². The van der Waals surface area contributed by atoms with E-state index in [1.54, 1.807) is 13.8 Å². The number of carbonyl (C=O) groups excluding carboxylic acids is 2. The summed E-state index contributed by atoms with van der Waals surface area (Å²) in [5.41, 5.74) is 0. The Morgan fingerprint density at radius 2 is 1.71 bits per heavy atom. The van der Waals surface area contributed by atoms with Gasteiger partial charge in [0.1, 0.15) is 16.8 Å². The SMILES string of the molecule is CCC(CC)C(=O)N1CCC(NC(=O)[C@@H](NS(=O)(=O)c2ccccc2F)C(C)C)CC1. The Morgan fingerprint density at radius 3 is 2.23 bits per heavy atom. The lowest BCUT2D eigenvalue weighted by atomic mass is 9.98. The normalized spacial score (nSPS) is 16.5. The first-order valence-corrected chi connectivity index (χ1v) is 12.4. The third-order valence-electron chi connectivity index (χ3n) is 5.85. The summed E-state index contributed by atoms with van der Waals surface area (Å²) in [6.45, 7) is 8.60. The number of nitrogens with zero attached hydrogens (tertiary/aromatic N) is 1. The number of sulfonamides is 1. The molecule has 0 aliphatic carbocycles. The molecule has 7 nitrogen and oxygen atoms in total. The van der Waals surface area contributed by atoms with Crippen molar-refractivity contribution in [2.24, 2.45) is 11.8 Å². The van der Waals surface area contributed by atoms with Gasteiger partial charge in [0, 0.05) is 25.0 Å². The van der Waals surface area contributed by atoms with Crippen LogP contribution in [-0.2, 0) is 19.6 Å². The zero-order valence-corrected chi connectivity index (χ0v) is 19.5. The molecule has 1 aromatic carbocycles. The van der Waals surface area contributed by atoms with E-state index in [4.69, 9.17) is 0 Å². The van der Waals surface area contributed by atoms with Gasteiger partial charge in [0.15, 0.2) is 0 Å². The Kier molecular flexibility index (Phi) is 9.00. The quantitative estimate of drug-likeness (QED) is 0.598. The number of rotatable bonds is 9. The van der Waals surface area contributed by atoms with Crippen LogP contribution in [0.15, 0.2) is 29.2 Å². The van der Waals surface area contributed by atoms with Crippen molar-refractivity contribution in [2.75, 3.05) is 13.1 Å². The fraction of sp³-hybridized carbons (Fsp3) is 0.636. The van der Waals surface area contributed by atoms with Gasteiger partial charge in [0.2, 0.25) is 21.8 Å². The van der Waals surface area contributed by atoms with Crippen LogP contribution in [0, 0.1) is 17.7 Å². The molecule has 174 valence electrons. The maximum atomic E-state index is 14.0. The lowest BCUT2D eigenvalue weighted by Crippen LogP contribution is -2.54. The van der Waals surface area contributed by atoms with E-state index in [1.165, 1.54) is 18.2 Å².